The van der Waals surface area contributed by atoms with Crippen molar-refractivity contribution in [3.63, 3.8) is 0 Å². The van der Waals surface area contributed by atoms with Gasteiger partial charge in [0.25, 0.3) is 0 Å². The first-order valence-electron chi connectivity index (χ1n) is 3.95. The molecule has 0 radical (unpaired) electrons. The van der Waals surface area contributed by atoms with Crippen LogP contribution in [0.2, 0.25) is 5.15 Å². The Kier molecular flexibility index (Phi) is 4.17. The molecule has 74 valence electrons. The maximum absolute atomic E-state index is 8.64. The number of aromatic nitrogens is 1. The van der Waals surface area contributed by atoms with E-state index in [9.17, 15) is 0 Å². The van der Waals surface area contributed by atoms with Crippen molar-refractivity contribution in [3.05, 3.63) is 22.8 Å². The molecule has 0 saturated heterocycles. The van der Waals surface area contributed by atoms with Crippen molar-refractivity contribution in [2.75, 3.05) is 20.3 Å². The number of ether oxygens (including phenoxy) is 2. The topological polar surface area (TPSA) is 55.1 Å². The van der Waals surface area contributed by atoms with Crippen LogP contribution in [-0.4, -0.2) is 25.3 Å². The average Bonchev–Trinajstić information content (AvgIpc) is 2.17. The molecule has 0 aliphatic carbocycles. The average molecular weight is 213 g/mol. The summed E-state index contributed by atoms with van der Waals surface area (Å²) in [5, 5.41) is 8.89. The van der Waals surface area contributed by atoms with E-state index in [1.165, 1.54) is 12.1 Å². The van der Waals surface area contributed by atoms with Crippen molar-refractivity contribution in [3.8, 4) is 11.9 Å². The molecule has 1 aromatic rings. The first-order chi connectivity index (χ1) is 6.76. The zero-order valence-corrected chi connectivity index (χ0v) is 8.41. The quantitative estimate of drug-likeness (QED) is 0.562. The van der Waals surface area contributed by atoms with Crippen LogP contribution in [0.3, 0.4) is 0 Å². The van der Waals surface area contributed by atoms with E-state index in [0.29, 0.717) is 24.7 Å². The molecule has 0 unspecified atom stereocenters. The summed E-state index contributed by atoms with van der Waals surface area (Å²) in [6, 6.07) is 4.97. The van der Waals surface area contributed by atoms with Gasteiger partial charge in [0.15, 0.2) is 0 Å². The van der Waals surface area contributed by atoms with Gasteiger partial charge in [-0.3, -0.25) is 0 Å². The number of hydrogen-bond donors (Lipinski definition) is 0. The number of hydrogen-bond acceptors (Lipinski definition) is 4. The molecule has 1 aromatic heterocycles. The molecule has 1 rings (SSSR count). The number of nitrogens with zero attached hydrogens (tertiary/aromatic N) is 2. The zero-order chi connectivity index (χ0) is 10.4. The first-order valence-corrected chi connectivity index (χ1v) is 4.33. The lowest BCUT2D eigenvalue weighted by Gasteiger charge is -2.04. The van der Waals surface area contributed by atoms with Crippen LogP contribution in [0.4, 0.5) is 0 Å². The number of halogens is 1. The summed E-state index contributed by atoms with van der Waals surface area (Å²) in [4.78, 5) is 3.89. The summed E-state index contributed by atoms with van der Waals surface area (Å²) in [6.45, 7) is 0.852. The molecule has 0 spiro atoms. The van der Waals surface area contributed by atoms with Gasteiger partial charge < -0.3 is 9.47 Å². The molecule has 0 atom stereocenters. The molecule has 0 aliphatic heterocycles. The Hall–Kier alpha value is -1.31. The highest BCUT2D eigenvalue weighted by Gasteiger charge is 2.01. The van der Waals surface area contributed by atoms with Gasteiger partial charge in [0.2, 0.25) is 5.88 Å². The van der Waals surface area contributed by atoms with E-state index in [1.807, 2.05) is 6.07 Å². The van der Waals surface area contributed by atoms with Gasteiger partial charge in [-0.2, -0.15) is 5.26 Å². The number of rotatable bonds is 4. The molecule has 0 saturated carbocycles. The highest BCUT2D eigenvalue weighted by Crippen LogP contribution is 2.15. The molecule has 5 heteroatoms. The van der Waals surface area contributed by atoms with Crippen LogP contribution in [0.25, 0.3) is 0 Å². The van der Waals surface area contributed by atoms with Crippen LogP contribution in [-0.2, 0) is 4.74 Å². The van der Waals surface area contributed by atoms with Crippen molar-refractivity contribution in [1.29, 1.82) is 5.26 Å². The summed E-state index contributed by atoms with van der Waals surface area (Å²) < 4.78 is 10.00. The van der Waals surface area contributed by atoms with Crippen molar-refractivity contribution in [1.82, 2.24) is 4.98 Å². The van der Waals surface area contributed by atoms with Crippen LogP contribution in [0.5, 0.6) is 5.88 Å². The van der Waals surface area contributed by atoms with Gasteiger partial charge in [0, 0.05) is 13.2 Å². The highest BCUT2D eigenvalue weighted by molar-refractivity contribution is 6.29. The van der Waals surface area contributed by atoms with Crippen molar-refractivity contribution < 1.29 is 9.47 Å². The van der Waals surface area contributed by atoms with Gasteiger partial charge in [-0.05, 0) is 6.07 Å². The van der Waals surface area contributed by atoms with Crippen LogP contribution < -0.4 is 4.74 Å². The fourth-order valence-corrected chi connectivity index (χ4v) is 1.04. The molecule has 0 aromatic carbocycles. The second kappa shape index (κ2) is 5.43. The third-order valence-corrected chi connectivity index (χ3v) is 1.63. The Bertz CT molecular complexity index is 349. The Balaban J connectivity index is 2.68. The van der Waals surface area contributed by atoms with Crippen LogP contribution in [0.1, 0.15) is 5.56 Å². The fraction of sp³-hybridized carbons (Fsp3) is 0.333. The summed E-state index contributed by atoms with van der Waals surface area (Å²) >= 11 is 5.67. The molecule has 0 aliphatic rings. The second-order valence-electron chi connectivity index (χ2n) is 2.47. The van der Waals surface area contributed by atoms with Gasteiger partial charge >= 0.3 is 0 Å². The Morgan fingerprint density at radius 3 is 2.93 bits per heavy atom. The normalized spacial score (nSPS) is 9.50. The minimum Gasteiger partial charge on any atom is -0.475 e. The lowest BCUT2D eigenvalue weighted by Crippen LogP contribution is -2.05. The van der Waals surface area contributed by atoms with Crippen LogP contribution >= 0.6 is 11.6 Å². The molecular formula is C9H9ClN2O2. The minimum absolute atomic E-state index is 0.247. The van der Waals surface area contributed by atoms with E-state index in [4.69, 9.17) is 26.3 Å². The van der Waals surface area contributed by atoms with E-state index < -0.39 is 0 Å². The predicted octanol–water partition coefficient (Wildman–Crippen LogP) is 1.63. The first kappa shape index (κ1) is 10.8. The number of nitriles is 1. The summed E-state index contributed by atoms with van der Waals surface area (Å²) in [7, 11) is 1.58. The molecule has 14 heavy (non-hydrogen) atoms. The van der Waals surface area contributed by atoms with Gasteiger partial charge in [0.1, 0.15) is 11.8 Å². The number of methoxy groups -OCH3 is 1. The van der Waals surface area contributed by atoms with Gasteiger partial charge in [-0.1, -0.05) is 11.6 Å². The van der Waals surface area contributed by atoms with E-state index in [0.717, 1.165) is 0 Å². The Morgan fingerprint density at radius 1 is 1.50 bits per heavy atom. The molecule has 4 nitrogen and oxygen atoms in total. The SMILES string of the molecule is COCCOc1cc(C#N)cc(Cl)n1. The largest absolute Gasteiger partial charge is 0.475 e. The predicted molar refractivity (Wildman–Crippen MR) is 51.3 cm³/mol. The maximum Gasteiger partial charge on any atom is 0.216 e. The smallest absolute Gasteiger partial charge is 0.216 e. The van der Waals surface area contributed by atoms with Crippen molar-refractivity contribution in [2.24, 2.45) is 0 Å². The monoisotopic (exact) mass is 212 g/mol. The molecule has 0 N–H and O–H groups in total. The van der Waals surface area contributed by atoms with E-state index in [-0.39, 0.29) is 5.15 Å². The Labute approximate surface area is 87.0 Å². The summed E-state index contributed by atoms with van der Waals surface area (Å²) in [5.41, 5.74) is 0.428. The third kappa shape index (κ3) is 3.21. The standard InChI is InChI=1S/C9H9ClN2O2/c1-13-2-3-14-9-5-7(6-11)4-8(10)12-9/h4-5H,2-3H2,1H3. The van der Waals surface area contributed by atoms with E-state index >= 15 is 0 Å². The molecular weight excluding hydrogens is 204 g/mol. The molecule has 0 bridgehead atoms. The van der Waals surface area contributed by atoms with E-state index in [1.54, 1.807) is 7.11 Å². The molecule has 0 fully saturated rings. The van der Waals surface area contributed by atoms with Gasteiger partial charge in [-0.15, -0.1) is 0 Å². The second-order valence-corrected chi connectivity index (χ2v) is 2.86. The molecule has 0 amide bonds. The van der Waals surface area contributed by atoms with Gasteiger partial charge in [0.05, 0.1) is 18.2 Å². The zero-order valence-electron chi connectivity index (χ0n) is 7.66. The summed E-state index contributed by atoms with van der Waals surface area (Å²) in [5.74, 6) is 0.339. The fourth-order valence-electron chi connectivity index (χ4n) is 0.841. The maximum atomic E-state index is 8.64. The van der Waals surface area contributed by atoms with E-state index in [2.05, 4.69) is 4.98 Å². The van der Waals surface area contributed by atoms with Gasteiger partial charge in [-0.25, -0.2) is 4.98 Å². The van der Waals surface area contributed by atoms with Crippen LogP contribution in [0, 0.1) is 11.3 Å². The third-order valence-electron chi connectivity index (χ3n) is 1.44. The lowest BCUT2D eigenvalue weighted by atomic mass is 10.3. The molecule has 1 heterocycles. The Morgan fingerprint density at radius 2 is 2.29 bits per heavy atom. The summed E-state index contributed by atoms with van der Waals surface area (Å²) in [6.07, 6.45) is 0. The van der Waals surface area contributed by atoms with Crippen molar-refractivity contribution in [2.45, 2.75) is 0 Å². The lowest BCUT2D eigenvalue weighted by molar-refractivity contribution is 0.144. The number of pyridine rings is 1. The van der Waals surface area contributed by atoms with Crippen molar-refractivity contribution >= 4 is 11.6 Å². The van der Waals surface area contributed by atoms with Crippen LogP contribution in [0.15, 0.2) is 12.1 Å². The minimum atomic E-state index is 0.247. The highest BCUT2D eigenvalue weighted by atomic mass is 35.5.